The van der Waals surface area contributed by atoms with E-state index in [1.165, 1.54) is 42.4 Å². The van der Waals surface area contributed by atoms with Crippen molar-refractivity contribution in [3.8, 4) is 22.8 Å². The number of ether oxygens (including phenoxy) is 1. The molecule has 0 saturated heterocycles. The van der Waals surface area contributed by atoms with E-state index in [9.17, 15) is 5.11 Å². The molecule has 5 nitrogen and oxygen atoms in total. The minimum absolute atomic E-state index is 0.496. The van der Waals surface area contributed by atoms with Gasteiger partial charge in [0.25, 0.3) is 0 Å². The molecule has 2 aromatic carbocycles. The molecule has 1 heterocycles. The topological polar surface area (TPSA) is 68.1 Å². The summed E-state index contributed by atoms with van der Waals surface area (Å²) in [6, 6.07) is 13.4. The standard InChI is InChI=1S/C16H26O.C10H9N3O/c1-4-7-8-9-10-15-14(6-3)13(5-2)11-12-16(15)17;1-14-10-5-3-2-4-8(10)9-6-7-11-13-12-9/h11-12,17H,4-10H2,1-3H3;2-7H,1H3. The van der Waals surface area contributed by atoms with Crippen LogP contribution in [-0.4, -0.2) is 27.6 Å². The third-order valence-corrected chi connectivity index (χ3v) is 5.40. The molecular formula is C26H35N3O2. The number of phenols is 1. The van der Waals surface area contributed by atoms with Gasteiger partial charge in [0.2, 0.25) is 0 Å². The van der Waals surface area contributed by atoms with Crippen molar-refractivity contribution >= 4 is 0 Å². The Hall–Kier alpha value is -2.95. The molecule has 0 unspecified atom stereocenters. The molecule has 166 valence electrons. The summed E-state index contributed by atoms with van der Waals surface area (Å²) in [5, 5.41) is 21.1. The Bertz CT molecular complexity index is 914. The monoisotopic (exact) mass is 421 g/mol. The highest BCUT2D eigenvalue weighted by molar-refractivity contribution is 5.66. The van der Waals surface area contributed by atoms with Crippen LogP contribution in [0.3, 0.4) is 0 Å². The van der Waals surface area contributed by atoms with E-state index in [2.05, 4.69) is 42.2 Å². The number of hydrogen-bond acceptors (Lipinski definition) is 5. The summed E-state index contributed by atoms with van der Waals surface area (Å²) < 4.78 is 5.21. The molecule has 0 radical (unpaired) electrons. The normalized spacial score (nSPS) is 10.3. The Morgan fingerprint density at radius 2 is 1.68 bits per heavy atom. The molecule has 5 heteroatoms. The predicted molar refractivity (Wildman–Crippen MR) is 127 cm³/mol. The van der Waals surface area contributed by atoms with Gasteiger partial charge in [0, 0.05) is 5.56 Å². The molecule has 3 aromatic rings. The van der Waals surface area contributed by atoms with E-state index in [-0.39, 0.29) is 0 Å². The van der Waals surface area contributed by atoms with Crippen molar-refractivity contribution < 1.29 is 9.84 Å². The van der Waals surface area contributed by atoms with E-state index in [0.717, 1.165) is 36.3 Å². The molecule has 31 heavy (non-hydrogen) atoms. The lowest BCUT2D eigenvalue weighted by molar-refractivity contribution is 0.416. The first-order chi connectivity index (χ1) is 15.2. The minimum atomic E-state index is 0.496. The maximum absolute atomic E-state index is 10.00. The number of rotatable bonds is 9. The second-order valence-electron chi connectivity index (χ2n) is 7.42. The lowest BCUT2D eigenvalue weighted by Crippen LogP contribution is -1.99. The van der Waals surface area contributed by atoms with Crippen molar-refractivity contribution in [2.24, 2.45) is 0 Å². The summed E-state index contributed by atoms with van der Waals surface area (Å²) >= 11 is 0. The summed E-state index contributed by atoms with van der Waals surface area (Å²) in [5.41, 5.74) is 5.66. The van der Waals surface area contributed by atoms with Crippen LogP contribution in [0.2, 0.25) is 0 Å². The molecule has 0 aliphatic heterocycles. The van der Waals surface area contributed by atoms with Crippen LogP contribution >= 0.6 is 0 Å². The first-order valence-corrected chi connectivity index (χ1v) is 11.3. The van der Waals surface area contributed by atoms with Crippen LogP contribution in [0.25, 0.3) is 11.3 Å². The molecule has 3 rings (SSSR count). The summed E-state index contributed by atoms with van der Waals surface area (Å²) in [6.45, 7) is 6.60. The molecule has 0 atom stereocenters. The van der Waals surface area contributed by atoms with E-state index < -0.39 is 0 Å². The van der Waals surface area contributed by atoms with Gasteiger partial charge >= 0.3 is 0 Å². The fraction of sp³-hybridized carbons (Fsp3) is 0.423. The number of benzene rings is 2. The van der Waals surface area contributed by atoms with Gasteiger partial charge in [-0.3, -0.25) is 0 Å². The molecule has 0 bridgehead atoms. The number of unbranched alkanes of at least 4 members (excludes halogenated alkanes) is 3. The van der Waals surface area contributed by atoms with Crippen LogP contribution in [-0.2, 0) is 19.3 Å². The van der Waals surface area contributed by atoms with Gasteiger partial charge in [0.05, 0.1) is 13.3 Å². The number of aryl methyl sites for hydroxylation is 1. The third kappa shape index (κ3) is 7.06. The second-order valence-corrected chi connectivity index (χ2v) is 7.42. The first-order valence-electron chi connectivity index (χ1n) is 11.3. The number of aromatic hydroxyl groups is 1. The van der Waals surface area contributed by atoms with Crippen LogP contribution in [0.1, 0.15) is 63.1 Å². The number of hydrogen-bond donors (Lipinski definition) is 1. The van der Waals surface area contributed by atoms with Crippen LogP contribution in [0.4, 0.5) is 0 Å². The fourth-order valence-electron chi connectivity index (χ4n) is 3.75. The average Bonchev–Trinajstić information content (AvgIpc) is 2.83. The molecule has 0 aliphatic carbocycles. The number of nitrogens with zero attached hydrogens (tertiary/aromatic N) is 3. The quantitative estimate of drug-likeness (QED) is 0.417. The van der Waals surface area contributed by atoms with Crippen LogP contribution < -0.4 is 4.74 Å². The minimum Gasteiger partial charge on any atom is -0.508 e. The molecule has 0 fully saturated rings. The molecule has 0 amide bonds. The number of para-hydroxylation sites is 1. The van der Waals surface area contributed by atoms with Gasteiger partial charge in [0.1, 0.15) is 17.2 Å². The molecule has 0 spiro atoms. The summed E-state index contributed by atoms with van der Waals surface area (Å²) in [4.78, 5) is 0. The average molecular weight is 422 g/mol. The van der Waals surface area contributed by atoms with Crippen molar-refractivity contribution in [2.45, 2.75) is 65.7 Å². The molecule has 0 saturated carbocycles. The Morgan fingerprint density at radius 1 is 0.871 bits per heavy atom. The van der Waals surface area contributed by atoms with Gasteiger partial charge in [-0.25, -0.2) is 0 Å². The zero-order chi connectivity index (χ0) is 22.5. The smallest absolute Gasteiger partial charge is 0.128 e. The Morgan fingerprint density at radius 3 is 2.32 bits per heavy atom. The molecular weight excluding hydrogens is 386 g/mol. The number of methoxy groups -OCH3 is 1. The predicted octanol–water partition coefficient (Wildman–Crippen LogP) is 6.19. The van der Waals surface area contributed by atoms with Gasteiger partial charge in [-0.05, 0) is 71.9 Å². The number of phenolic OH excluding ortho intramolecular Hbond substituents is 1. The molecule has 0 aliphatic rings. The van der Waals surface area contributed by atoms with Crippen molar-refractivity contribution in [3.63, 3.8) is 0 Å². The summed E-state index contributed by atoms with van der Waals surface area (Å²) in [6.07, 6.45) is 9.76. The highest BCUT2D eigenvalue weighted by Crippen LogP contribution is 2.28. The Labute approximate surface area is 186 Å². The van der Waals surface area contributed by atoms with E-state index in [1.54, 1.807) is 19.4 Å². The van der Waals surface area contributed by atoms with E-state index in [1.807, 2.05) is 30.3 Å². The van der Waals surface area contributed by atoms with Crippen LogP contribution in [0, 0.1) is 0 Å². The molecule has 1 N–H and O–H groups in total. The maximum Gasteiger partial charge on any atom is 0.128 e. The fourth-order valence-corrected chi connectivity index (χ4v) is 3.75. The maximum atomic E-state index is 10.00. The third-order valence-electron chi connectivity index (χ3n) is 5.40. The first kappa shape index (κ1) is 24.3. The lowest BCUT2D eigenvalue weighted by Gasteiger charge is -2.14. The SMILES string of the molecule is CCCCCCc1c(O)ccc(CC)c1CC.COc1ccccc1-c1ccnnn1. The van der Waals surface area contributed by atoms with Gasteiger partial charge in [-0.2, -0.15) is 0 Å². The van der Waals surface area contributed by atoms with Crippen LogP contribution in [0.5, 0.6) is 11.5 Å². The van der Waals surface area contributed by atoms with Crippen molar-refractivity contribution in [2.75, 3.05) is 7.11 Å². The highest BCUT2D eigenvalue weighted by atomic mass is 16.5. The Kier molecular flexibility index (Phi) is 10.5. The van der Waals surface area contributed by atoms with E-state index in [0.29, 0.717) is 5.75 Å². The van der Waals surface area contributed by atoms with Gasteiger partial charge in [0.15, 0.2) is 0 Å². The van der Waals surface area contributed by atoms with Crippen LogP contribution in [0.15, 0.2) is 48.7 Å². The van der Waals surface area contributed by atoms with Gasteiger partial charge in [-0.15, -0.1) is 10.2 Å². The zero-order valence-electron chi connectivity index (χ0n) is 19.3. The lowest BCUT2D eigenvalue weighted by atomic mass is 9.93. The molecule has 1 aromatic heterocycles. The van der Waals surface area contributed by atoms with Crippen molar-refractivity contribution in [3.05, 3.63) is 65.4 Å². The van der Waals surface area contributed by atoms with Crippen molar-refractivity contribution in [1.29, 1.82) is 0 Å². The zero-order valence-corrected chi connectivity index (χ0v) is 19.3. The van der Waals surface area contributed by atoms with Crippen molar-refractivity contribution in [1.82, 2.24) is 15.4 Å². The summed E-state index contributed by atoms with van der Waals surface area (Å²) in [5.74, 6) is 1.28. The summed E-state index contributed by atoms with van der Waals surface area (Å²) in [7, 11) is 1.63. The van der Waals surface area contributed by atoms with E-state index >= 15 is 0 Å². The van der Waals surface area contributed by atoms with E-state index in [4.69, 9.17) is 4.74 Å². The highest BCUT2D eigenvalue weighted by Gasteiger charge is 2.10. The van der Waals surface area contributed by atoms with Gasteiger partial charge < -0.3 is 9.84 Å². The largest absolute Gasteiger partial charge is 0.508 e. The number of aromatic nitrogens is 3. The Balaban J connectivity index is 0.000000224. The van der Waals surface area contributed by atoms with Gasteiger partial charge in [-0.1, -0.05) is 58.2 Å². The second kappa shape index (κ2) is 13.4.